The molecular weight excluding hydrogens is 268 g/mol. The minimum absolute atomic E-state index is 0.454. The Kier molecular flexibility index (Phi) is 5.07. The molecule has 0 spiro atoms. The topological polar surface area (TPSA) is 46.3 Å². The summed E-state index contributed by atoms with van der Waals surface area (Å²) in [6, 6.07) is 16.1. The largest absolute Gasteiger partial charge is 0.399 e. The Labute approximate surface area is 123 Å². The summed E-state index contributed by atoms with van der Waals surface area (Å²) in [7, 11) is 2.03. The van der Waals surface area contributed by atoms with Crippen molar-refractivity contribution >= 4 is 29.4 Å². The summed E-state index contributed by atoms with van der Waals surface area (Å²) in [5, 5.41) is 0. The summed E-state index contributed by atoms with van der Waals surface area (Å²) < 4.78 is 0. The molecule has 2 rings (SSSR count). The van der Waals surface area contributed by atoms with Gasteiger partial charge in [0, 0.05) is 24.2 Å². The fourth-order valence-corrected chi connectivity index (χ4v) is 2.80. The molecule has 0 aliphatic rings. The van der Waals surface area contributed by atoms with E-state index in [-0.39, 0.29) is 0 Å². The third-order valence-corrected chi connectivity index (χ3v) is 3.92. The van der Waals surface area contributed by atoms with Crippen LogP contribution in [0.2, 0.25) is 0 Å². The van der Waals surface area contributed by atoms with Crippen molar-refractivity contribution in [3.63, 3.8) is 0 Å². The third-order valence-electron chi connectivity index (χ3n) is 2.96. The van der Waals surface area contributed by atoms with Gasteiger partial charge in [0.2, 0.25) is 0 Å². The van der Waals surface area contributed by atoms with Crippen LogP contribution in [-0.2, 0) is 11.3 Å². The number of nitrogen functional groups attached to an aromatic ring is 1. The molecule has 2 N–H and O–H groups in total. The predicted molar refractivity (Wildman–Crippen MR) is 86.2 cm³/mol. The molecule has 0 heterocycles. The number of anilines is 2. The molecule has 104 valence electrons. The second kappa shape index (κ2) is 7.01. The minimum Gasteiger partial charge on any atom is -0.399 e. The highest BCUT2D eigenvalue weighted by Crippen LogP contribution is 2.31. The van der Waals surface area contributed by atoms with E-state index in [1.807, 2.05) is 43.4 Å². The molecule has 0 unspecified atom stereocenters. The van der Waals surface area contributed by atoms with Crippen LogP contribution < -0.4 is 10.6 Å². The SMILES string of the molecule is CN(Cc1ccccc1)c1cc(N)ccc1SCC=O. The molecule has 0 fully saturated rings. The zero-order valence-corrected chi connectivity index (χ0v) is 12.3. The van der Waals surface area contributed by atoms with E-state index in [0.29, 0.717) is 5.75 Å². The van der Waals surface area contributed by atoms with Crippen molar-refractivity contribution in [3.8, 4) is 0 Å². The maximum atomic E-state index is 10.6. The van der Waals surface area contributed by atoms with Gasteiger partial charge in [-0.2, -0.15) is 0 Å². The average molecular weight is 286 g/mol. The number of nitrogens with zero attached hydrogens (tertiary/aromatic N) is 1. The number of hydrogen-bond acceptors (Lipinski definition) is 4. The van der Waals surface area contributed by atoms with Crippen molar-refractivity contribution in [2.75, 3.05) is 23.4 Å². The molecular formula is C16H18N2OS. The minimum atomic E-state index is 0.454. The second-order valence-corrected chi connectivity index (χ2v) is 5.61. The van der Waals surface area contributed by atoms with Crippen LogP contribution in [0.1, 0.15) is 5.56 Å². The van der Waals surface area contributed by atoms with Crippen LogP contribution in [0.3, 0.4) is 0 Å². The van der Waals surface area contributed by atoms with Gasteiger partial charge >= 0.3 is 0 Å². The third kappa shape index (κ3) is 3.78. The Hall–Kier alpha value is -1.94. The van der Waals surface area contributed by atoms with E-state index in [2.05, 4.69) is 17.0 Å². The zero-order chi connectivity index (χ0) is 14.4. The van der Waals surface area contributed by atoms with Crippen LogP contribution >= 0.6 is 11.8 Å². The number of carbonyl (C=O) groups is 1. The standard InChI is InChI=1S/C16H18N2OS/c1-18(12-13-5-3-2-4-6-13)15-11-14(17)7-8-16(15)20-10-9-19/h2-9,11H,10,12,17H2,1H3. The number of thioether (sulfide) groups is 1. The first-order valence-corrected chi connectivity index (χ1v) is 7.40. The summed E-state index contributed by atoms with van der Waals surface area (Å²) in [5.74, 6) is 0.454. The molecule has 20 heavy (non-hydrogen) atoms. The van der Waals surface area contributed by atoms with Crippen molar-refractivity contribution < 1.29 is 4.79 Å². The van der Waals surface area contributed by atoms with Gasteiger partial charge in [-0.15, -0.1) is 11.8 Å². The highest BCUT2D eigenvalue weighted by Gasteiger charge is 2.09. The highest BCUT2D eigenvalue weighted by atomic mass is 32.2. The van der Waals surface area contributed by atoms with E-state index in [1.54, 1.807) is 0 Å². The van der Waals surface area contributed by atoms with Crippen molar-refractivity contribution in [2.24, 2.45) is 0 Å². The van der Waals surface area contributed by atoms with E-state index < -0.39 is 0 Å². The van der Waals surface area contributed by atoms with Gasteiger partial charge in [-0.1, -0.05) is 30.3 Å². The van der Waals surface area contributed by atoms with Gasteiger partial charge in [0.1, 0.15) is 6.29 Å². The van der Waals surface area contributed by atoms with Gasteiger partial charge in [0.05, 0.1) is 11.4 Å². The molecule has 0 bridgehead atoms. The van der Waals surface area contributed by atoms with Crippen LogP contribution in [0.25, 0.3) is 0 Å². The van der Waals surface area contributed by atoms with Gasteiger partial charge in [0.25, 0.3) is 0 Å². The molecule has 4 heteroatoms. The van der Waals surface area contributed by atoms with E-state index >= 15 is 0 Å². The number of hydrogen-bond donors (Lipinski definition) is 1. The molecule has 0 amide bonds. The summed E-state index contributed by atoms with van der Waals surface area (Å²) in [6.45, 7) is 0.805. The van der Waals surface area contributed by atoms with Gasteiger partial charge in [-0.3, -0.25) is 0 Å². The van der Waals surface area contributed by atoms with Crippen LogP contribution in [0.4, 0.5) is 11.4 Å². The second-order valence-electron chi connectivity index (χ2n) is 4.55. The monoisotopic (exact) mass is 286 g/mol. The molecule has 0 radical (unpaired) electrons. The maximum absolute atomic E-state index is 10.6. The molecule has 2 aromatic carbocycles. The molecule has 2 aromatic rings. The lowest BCUT2D eigenvalue weighted by Gasteiger charge is -2.22. The first kappa shape index (κ1) is 14.5. The van der Waals surface area contributed by atoms with E-state index in [4.69, 9.17) is 5.73 Å². The van der Waals surface area contributed by atoms with Crippen molar-refractivity contribution in [1.82, 2.24) is 0 Å². The Morgan fingerprint density at radius 1 is 1.20 bits per heavy atom. The van der Waals surface area contributed by atoms with Crippen molar-refractivity contribution in [3.05, 3.63) is 54.1 Å². The Balaban J connectivity index is 2.21. The molecule has 3 nitrogen and oxygen atoms in total. The number of aldehydes is 1. The molecule has 0 saturated carbocycles. The molecule has 0 atom stereocenters. The van der Waals surface area contributed by atoms with Crippen LogP contribution in [0.15, 0.2) is 53.4 Å². The number of carbonyl (C=O) groups excluding carboxylic acids is 1. The summed E-state index contributed by atoms with van der Waals surface area (Å²) >= 11 is 1.53. The smallest absolute Gasteiger partial charge is 0.130 e. The first-order valence-electron chi connectivity index (χ1n) is 6.41. The lowest BCUT2D eigenvalue weighted by molar-refractivity contribution is -0.105. The van der Waals surface area contributed by atoms with Gasteiger partial charge in [-0.05, 0) is 23.8 Å². The Morgan fingerprint density at radius 3 is 2.65 bits per heavy atom. The zero-order valence-electron chi connectivity index (χ0n) is 11.5. The Morgan fingerprint density at radius 2 is 1.95 bits per heavy atom. The summed E-state index contributed by atoms with van der Waals surface area (Å²) in [6.07, 6.45) is 0.919. The van der Waals surface area contributed by atoms with Gasteiger partial charge in [-0.25, -0.2) is 0 Å². The quantitative estimate of drug-likeness (QED) is 0.503. The predicted octanol–water partition coefficient (Wildman–Crippen LogP) is 3.20. The summed E-state index contributed by atoms with van der Waals surface area (Å²) in [4.78, 5) is 13.8. The van der Waals surface area contributed by atoms with E-state index in [1.165, 1.54) is 17.3 Å². The van der Waals surface area contributed by atoms with E-state index in [9.17, 15) is 4.79 Å². The normalized spacial score (nSPS) is 10.2. The average Bonchev–Trinajstić information content (AvgIpc) is 2.47. The van der Waals surface area contributed by atoms with Crippen LogP contribution in [0.5, 0.6) is 0 Å². The fourth-order valence-electron chi connectivity index (χ4n) is 2.02. The van der Waals surface area contributed by atoms with E-state index in [0.717, 1.165) is 29.1 Å². The molecule has 0 aliphatic carbocycles. The highest BCUT2D eigenvalue weighted by molar-refractivity contribution is 8.00. The number of benzene rings is 2. The van der Waals surface area contributed by atoms with Crippen molar-refractivity contribution in [2.45, 2.75) is 11.4 Å². The fraction of sp³-hybridized carbons (Fsp3) is 0.188. The van der Waals surface area contributed by atoms with Crippen LogP contribution in [-0.4, -0.2) is 19.1 Å². The lowest BCUT2D eigenvalue weighted by atomic mass is 10.2. The van der Waals surface area contributed by atoms with Crippen molar-refractivity contribution in [1.29, 1.82) is 0 Å². The lowest BCUT2D eigenvalue weighted by Crippen LogP contribution is -2.17. The Bertz CT molecular complexity index is 572. The first-order chi connectivity index (χ1) is 9.70. The number of rotatable bonds is 6. The number of nitrogens with two attached hydrogens (primary N) is 1. The molecule has 0 saturated heterocycles. The molecule has 0 aliphatic heterocycles. The molecule has 0 aromatic heterocycles. The maximum Gasteiger partial charge on any atom is 0.130 e. The van der Waals surface area contributed by atoms with Gasteiger partial charge < -0.3 is 15.4 Å². The van der Waals surface area contributed by atoms with Gasteiger partial charge in [0.15, 0.2) is 0 Å². The van der Waals surface area contributed by atoms with Crippen LogP contribution in [0, 0.1) is 0 Å². The summed E-state index contributed by atoms with van der Waals surface area (Å²) in [5.41, 5.74) is 8.91.